The minimum atomic E-state index is 0.635. The third kappa shape index (κ3) is 1.54. The first-order chi connectivity index (χ1) is 10.8. The Kier molecular flexibility index (Phi) is 2.65. The van der Waals surface area contributed by atoms with E-state index in [1.807, 2.05) is 0 Å². The van der Waals surface area contributed by atoms with Gasteiger partial charge in [-0.15, -0.1) is 0 Å². The molecule has 0 aromatic heterocycles. The molecule has 5 aliphatic rings. The second-order valence-electron chi connectivity index (χ2n) is 7.52. The molecule has 0 radical (unpaired) electrons. The van der Waals surface area contributed by atoms with Gasteiger partial charge in [0.1, 0.15) is 11.6 Å². The van der Waals surface area contributed by atoms with Crippen molar-refractivity contribution in [2.45, 2.75) is 25.3 Å². The summed E-state index contributed by atoms with van der Waals surface area (Å²) in [4.78, 5) is 7.76. The summed E-state index contributed by atoms with van der Waals surface area (Å²) in [6.45, 7) is 5.79. The monoisotopic (exact) mass is 301 g/mol. The predicted molar refractivity (Wildman–Crippen MR) is 86.6 cm³/mol. The molecule has 1 fully saturated rings. The molecule has 0 spiro atoms. The molecular weight excluding hydrogens is 274 g/mol. The molecule has 0 aromatic rings. The number of rotatable bonds is 0. The third-order valence-corrected chi connectivity index (χ3v) is 6.45. The van der Waals surface area contributed by atoms with Crippen LogP contribution in [0.5, 0.6) is 0 Å². The van der Waals surface area contributed by atoms with Gasteiger partial charge in [0.05, 0.1) is 11.7 Å². The van der Waals surface area contributed by atoms with E-state index in [9.17, 15) is 0 Å². The Bertz CT molecular complexity index is 521. The molecule has 5 heterocycles. The van der Waals surface area contributed by atoms with Crippen molar-refractivity contribution in [3.8, 4) is 0 Å². The third-order valence-electron chi connectivity index (χ3n) is 6.45. The van der Waals surface area contributed by atoms with Gasteiger partial charge in [-0.1, -0.05) is 0 Å². The van der Waals surface area contributed by atoms with Crippen LogP contribution in [0.4, 0.5) is 0 Å². The van der Waals surface area contributed by atoms with Crippen LogP contribution in [0, 0.1) is 11.8 Å². The largest absolute Gasteiger partial charge is 0.372 e. The lowest BCUT2D eigenvalue weighted by Gasteiger charge is -2.58. The number of nitrogens with one attached hydrogen (secondary N) is 2. The first-order valence-electron chi connectivity index (χ1n) is 8.90. The highest BCUT2D eigenvalue weighted by atomic mass is 15.4. The molecule has 1 saturated heterocycles. The SMILES string of the molecule is CN1CCC2C3=C1N(C)CCN3C1CCNC3=C1C2CCN3. The molecule has 0 amide bonds. The van der Waals surface area contributed by atoms with Crippen LogP contribution in [-0.4, -0.2) is 67.6 Å². The number of fused-ring (bicyclic) bond motifs is 2. The number of piperidine rings is 1. The molecule has 0 aliphatic carbocycles. The second-order valence-corrected chi connectivity index (χ2v) is 7.52. The van der Waals surface area contributed by atoms with E-state index in [-0.39, 0.29) is 0 Å². The van der Waals surface area contributed by atoms with Gasteiger partial charge in [0.2, 0.25) is 0 Å². The van der Waals surface area contributed by atoms with Crippen molar-refractivity contribution in [2.24, 2.45) is 11.8 Å². The van der Waals surface area contributed by atoms with Crippen molar-refractivity contribution in [1.29, 1.82) is 0 Å². The van der Waals surface area contributed by atoms with Gasteiger partial charge in [-0.3, -0.25) is 0 Å². The van der Waals surface area contributed by atoms with E-state index in [0.717, 1.165) is 31.5 Å². The molecule has 0 saturated carbocycles. The lowest BCUT2D eigenvalue weighted by Crippen LogP contribution is -2.61. The summed E-state index contributed by atoms with van der Waals surface area (Å²) in [6.07, 6.45) is 3.88. The number of allylic oxidation sites excluding steroid dienone is 1. The van der Waals surface area contributed by atoms with Crippen LogP contribution in [0.1, 0.15) is 19.3 Å². The molecule has 22 heavy (non-hydrogen) atoms. The van der Waals surface area contributed by atoms with E-state index in [0.29, 0.717) is 6.04 Å². The maximum absolute atomic E-state index is 3.64. The Labute approximate surface area is 133 Å². The topological polar surface area (TPSA) is 33.8 Å². The molecule has 120 valence electrons. The Morgan fingerprint density at radius 1 is 0.864 bits per heavy atom. The molecule has 3 atom stereocenters. The van der Waals surface area contributed by atoms with Crippen molar-refractivity contribution in [3.63, 3.8) is 0 Å². The second kappa shape index (κ2) is 4.49. The first-order valence-corrected chi connectivity index (χ1v) is 8.90. The van der Waals surface area contributed by atoms with E-state index in [4.69, 9.17) is 0 Å². The summed E-state index contributed by atoms with van der Waals surface area (Å²) in [5.41, 5.74) is 3.38. The molecule has 5 aliphatic heterocycles. The standard InChI is InChI=1S/C17H27N5/c1-20-8-5-12-11-3-6-18-16-14(11)13(4-7-19-16)22-10-9-21(2)17(20)15(12)22/h11-13,18-19H,3-10H2,1-2H3. The van der Waals surface area contributed by atoms with Crippen molar-refractivity contribution < 1.29 is 0 Å². The van der Waals surface area contributed by atoms with Gasteiger partial charge in [0.25, 0.3) is 0 Å². The number of hydrogen-bond donors (Lipinski definition) is 2. The fourth-order valence-electron chi connectivity index (χ4n) is 5.57. The highest BCUT2D eigenvalue weighted by Crippen LogP contribution is 2.50. The van der Waals surface area contributed by atoms with Crippen LogP contribution in [0.3, 0.4) is 0 Å². The number of likely N-dealkylation sites (N-methyl/N-ethyl adjacent to an activating group) is 1. The summed E-state index contributed by atoms with van der Waals surface area (Å²) < 4.78 is 0. The van der Waals surface area contributed by atoms with Crippen LogP contribution < -0.4 is 10.6 Å². The van der Waals surface area contributed by atoms with Crippen LogP contribution in [-0.2, 0) is 0 Å². The van der Waals surface area contributed by atoms with Gasteiger partial charge < -0.3 is 25.3 Å². The van der Waals surface area contributed by atoms with E-state index in [1.54, 1.807) is 11.3 Å². The van der Waals surface area contributed by atoms with Gasteiger partial charge in [0.15, 0.2) is 0 Å². The van der Waals surface area contributed by atoms with Crippen LogP contribution >= 0.6 is 0 Å². The van der Waals surface area contributed by atoms with Crippen molar-refractivity contribution in [3.05, 3.63) is 22.9 Å². The minimum Gasteiger partial charge on any atom is -0.372 e. The zero-order valence-electron chi connectivity index (χ0n) is 13.7. The van der Waals surface area contributed by atoms with E-state index in [2.05, 4.69) is 39.4 Å². The lowest BCUT2D eigenvalue weighted by molar-refractivity contribution is 0.0601. The van der Waals surface area contributed by atoms with E-state index in [1.165, 1.54) is 44.0 Å². The first kappa shape index (κ1) is 13.0. The number of hydrogen-bond acceptors (Lipinski definition) is 5. The Morgan fingerprint density at radius 3 is 2.50 bits per heavy atom. The molecule has 2 N–H and O–H groups in total. The highest BCUT2D eigenvalue weighted by Gasteiger charge is 2.50. The van der Waals surface area contributed by atoms with E-state index >= 15 is 0 Å². The van der Waals surface area contributed by atoms with Crippen molar-refractivity contribution in [1.82, 2.24) is 25.3 Å². The number of nitrogens with zero attached hydrogens (tertiary/aromatic N) is 3. The Morgan fingerprint density at radius 2 is 1.64 bits per heavy atom. The lowest BCUT2D eigenvalue weighted by atomic mass is 9.68. The predicted octanol–water partition coefficient (Wildman–Crippen LogP) is 0.551. The summed E-state index contributed by atoms with van der Waals surface area (Å²) in [7, 11) is 4.56. The fourth-order valence-corrected chi connectivity index (χ4v) is 5.57. The van der Waals surface area contributed by atoms with Gasteiger partial charge >= 0.3 is 0 Å². The molecule has 0 bridgehead atoms. The summed E-state index contributed by atoms with van der Waals surface area (Å²) in [5.74, 6) is 4.39. The minimum absolute atomic E-state index is 0.635. The smallest absolute Gasteiger partial charge is 0.124 e. The molecule has 0 aromatic carbocycles. The van der Waals surface area contributed by atoms with Crippen LogP contribution in [0.25, 0.3) is 0 Å². The van der Waals surface area contributed by atoms with Gasteiger partial charge in [-0.2, -0.15) is 0 Å². The van der Waals surface area contributed by atoms with Gasteiger partial charge in [-0.05, 0) is 30.8 Å². The maximum Gasteiger partial charge on any atom is 0.124 e. The molecule has 3 unspecified atom stereocenters. The molecule has 5 nitrogen and oxygen atoms in total. The van der Waals surface area contributed by atoms with Crippen LogP contribution in [0.15, 0.2) is 22.9 Å². The Hall–Kier alpha value is -1.52. The van der Waals surface area contributed by atoms with Gasteiger partial charge in [-0.25, -0.2) is 0 Å². The van der Waals surface area contributed by atoms with Crippen molar-refractivity contribution in [2.75, 3.05) is 46.8 Å². The van der Waals surface area contributed by atoms with Crippen LogP contribution in [0.2, 0.25) is 0 Å². The average molecular weight is 301 g/mol. The normalized spacial score (nSPS) is 36.6. The average Bonchev–Trinajstić information content (AvgIpc) is 2.54. The quantitative estimate of drug-likeness (QED) is 0.683. The zero-order chi connectivity index (χ0) is 14.8. The van der Waals surface area contributed by atoms with E-state index < -0.39 is 0 Å². The zero-order valence-corrected chi connectivity index (χ0v) is 13.7. The molecule has 5 heteroatoms. The maximum atomic E-state index is 3.64. The Balaban J connectivity index is 1.70. The summed E-state index contributed by atoms with van der Waals surface area (Å²) >= 11 is 0. The highest BCUT2D eigenvalue weighted by molar-refractivity contribution is 5.37. The molecule has 5 rings (SSSR count). The molecular formula is C17H27N5. The summed E-state index contributed by atoms with van der Waals surface area (Å²) in [6, 6.07) is 0.635. The van der Waals surface area contributed by atoms with Gasteiger partial charge in [0, 0.05) is 52.7 Å². The van der Waals surface area contributed by atoms with Crippen molar-refractivity contribution >= 4 is 0 Å². The fraction of sp³-hybridized carbons (Fsp3) is 0.765. The summed E-state index contributed by atoms with van der Waals surface area (Å²) in [5, 5.41) is 7.28.